The SMILES string of the molecule is [N-]=[N+]=NCC(O)COCc1cccc2ccccc12. The number of rotatable bonds is 6. The molecule has 0 aliphatic heterocycles. The minimum absolute atomic E-state index is 0.0338. The number of ether oxygens (including phenoxy) is 1. The molecule has 0 fully saturated rings. The third-order valence-corrected chi connectivity index (χ3v) is 2.80. The molecule has 2 aromatic carbocycles. The van der Waals surface area contributed by atoms with Gasteiger partial charge in [-0.15, -0.1) is 0 Å². The molecule has 0 aliphatic rings. The van der Waals surface area contributed by atoms with E-state index in [-0.39, 0.29) is 13.2 Å². The number of aliphatic hydroxyl groups is 1. The number of azide groups is 1. The van der Waals surface area contributed by atoms with Crippen LogP contribution < -0.4 is 0 Å². The zero-order chi connectivity index (χ0) is 13.5. The van der Waals surface area contributed by atoms with Crippen LogP contribution in [0.3, 0.4) is 0 Å². The molecule has 0 saturated carbocycles. The number of aliphatic hydroxyl groups excluding tert-OH is 1. The summed E-state index contributed by atoms with van der Waals surface area (Å²) in [4.78, 5) is 2.59. The van der Waals surface area contributed by atoms with Crippen molar-refractivity contribution in [3.05, 3.63) is 58.5 Å². The molecule has 98 valence electrons. The first-order valence-corrected chi connectivity index (χ1v) is 6.04. The maximum absolute atomic E-state index is 9.48. The summed E-state index contributed by atoms with van der Waals surface area (Å²) in [7, 11) is 0. The first-order valence-electron chi connectivity index (χ1n) is 6.04. The Labute approximate surface area is 111 Å². The summed E-state index contributed by atoms with van der Waals surface area (Å²) in [5.41, 5.74) is 9.22. The molecule has 0 spiro atoms. The van der Waals surface area contributed by atoms with Crippen molar-refractivity contribution in [3.63, 3.8) is 0 Å². The van der Waals surface area contributed by atoms with E-state index in [1.807, 2.05) is 30.3 Å². The zero-order valence-corrected chi connectivity index (χ0v) is 10.4. The summed E-state index contributed by atoms with van der Waals surface area (Å²) < 4.78 is 5.45. The van der Waals surface area contributed by atoms with Crippen molar-refractivity contribution in [2.45, 2.75) is 12.7 Å². The van der Waals surface area contributed by atoms with Gasteiger partial charge in [-0.1, -0.05) is 47.6 Å². The van der Waals surface area contributed by atoms with Gasteiger partial charge < -0.3 is 9.84 Å². The van der Waals surface area contributed by atoms with Gasteiger partial charge in [0.25, 0.3) is 0 Å². The molecule has 5 heteroatoms. The molecule has 5 nitrogen and oxygen atoms in total. The van der Waals surface area contributed by atoms with Crippen molar-refractivity contribution in [1.82, 2.24) is 0 Å². The van der Waals surface area contributed by atoms with Crippen LogP contribution in [0.15, 0.2) is 47.6 Å². The molecule has 0 aromatic heterocycles. The van der Waals surface area contributed by atoms with Crippen LogP contribution in [0.25, 0.3) is 21.2 Å². The predicted molar refractivity (Wildman–Crippen MR) is 73.6 cm³/mol. The average Bonchev–Trinajstić information content (AvgIpc) is 2.45. The second-order valence-corrected chi connectivity index (χ2v) is 4.22. The lowest BCUT2D eigenvalue weighted by atomic mass is 10.1. The number of hydrogen-bond donors (Lipinski definition) is 1. The molecule has 0 bridgehead atoms. The number of fused-ring (bicyclic) bond motifs is 1. The molecule has 0 saturated heterocycles. The predicted octanol–water partition coefficient (Wildman–Crippen LogP) is 3.03. The summed E-state index contributed by atoms with van der Waals surface area (Å²) in [6.45, 7) is 0.614. The van der Waals surface area contributed by atoms with E-state index < -0.39 is 6.10 Å². The second kappa shape index (κ2) is 6.75. The fourth-order valence-electron chi connectivity index (χ4n) is 1.91. The highest BCUT2D eigenvalue weighted by molar-refractivity contribution is 5.85. The van der Waals surface area contributed by atoms with Gasteiger partial charge in [0.05, 0.1) is 25.9 Å². The molecule has 1 atom stereocenters. The third-order valence-electron chi connectivity index (χ3n) is 2.80. The van der Waals surface area contributed by atoms with Crippen molar-refractivity contribution in [1.29, 1.82) is 0 Å². The molecule has 1 unspecified atom stereocenters. The highest BCUT2D eigenvalue weighted by atomic mass is 16.5. The summed E-state index contributed by atoms with van der Waals surface area (Å²) >= 11 is 0. The van der Waals surface area contributed by atoms with Crippen LogP contribution >= 0.6 is 0 Å². The molecular formula is C14H15N3O2. The fourth-order valence-corrected chi connectivity index (χ4v) is 1.91. The molecule has 0 aliphatic carbocycles. The number of nitrogens with zero attached hydrogens (tertiary/aromatic N) is 3. The molecule has 0 radical (unpaired) electrons. The van der Waals surface area contributed by atoms with Crippen molar-refractivity contribution in [2.75, 3.05) is 13.2 Å². The third kappa shape index (κ3) is 3.69. The van der Waals surface area contributed by atoms with Gasteiger partial charge in [0.2, 0.25) is 0 Å². The Morgan fingerprint density at radius 1 is 1.21 bits per heavy atom. The Morgan fingerprint density at radius 2 is 2.00 bits per heavy atom. The largest absolute Gasteiger partial charge is 0.391 e. The van der Waals surface area contributed by atoms with Crippen molar-refractivity contribution < 1.29 is 9.84 Å². The summed E-state index contributed by atoms with van der Waals surface area (Å²) in [5.74, 6) is 0. The van der Waals surface area contributed by atoms with Gasteiger partial charge in [0.15, 0.2) is 0 Å². The van der Waals surface area contributed by atoms with Crippen LogP contribution in [0.4, 0.5) is 0 Å². The van der Waals surface area contributed by atoms with Crippen LogP contribution in [-0.4, -0.2) is 24.4 Å². The molecule has 0 amide bonds. The van der Waals surface area contributed by atoms with Gasteiger partial charge in [0.1, 0.15) is 0 Å². The molecule has 2 rings (SSSR count). The van der Waals surface area contributed by atoms with E-state index in [0.717, 1.165) is 10.9 Å². The first-order chi connectivity index (χ1) is 9.31. The summed E-state index contributed by atoms with van der Waals surface area (Å²) in [6, 6.07) is 14.1. The molecule has 1 N–H and O–H groups in total. The van der Waals surface area contributed by atoms with Crippen LogP contribution in [0.5, 0.6) is 0 Å². The highest BCUT2D eigenvalue weighted by Gasteiger charge is 2.04. The average molecular weight is 257 g/mol. The molecule has 0 heterocycles. The Bertz CT molecular complexity index is 589. The molecular weight excluding hydrogens is 242 g/mol. The van der Waals surface area contributed by atoms with Crippen molar-refractivity contribution in [3.8, 4) is 0 Å². The minimum atomic E-state index is -0.758. The van der Waals surface area contributed by atoms with Crippen LogP contribution in [0, 0.1) is 0 Å². The normalized spacial score (nSPS) is 12.1. The lowest BCUT2D eigenvalue weighted by Crippen LogP contribution is -2.18. The standard InChI is InChI=1S/C14H15N3O2/c15-17-16-8-13(18)10-19-9-12-6-3-5-11-4-1-2-7-14(11)12/h1-7,13,18H,8-10H2. The van der Waals surface area contributed by atoms with Crippen LogP contribution in [-0.2, 0) is 11.3 Å². The minimum Gasteiger partial charge on any atom is -0.391 e. The van der Waals surface area contributed by atoms with Gasteiger partial charge >= 0.3 is 0 Å². The Balaban J connectivity index is 1.96. The smallest absolute Gasteiger partial charge is 0.0830 e. The van der Waals surface area contributed by atoms with E-state index in [2.05, 4.69) is 22.2 Å². The van der Waals surface area contributed by atoms with E-state index in [9.17, 15) is 5.11 Å². The highest BCUT2D eigenvalue weighted by Crippen LogP contribution is 2.19. The van der Waals surface area contributed by atoms with Gasteiger partial charge in [-0.2, -0.15) is 0 Å². The number of hydrogen-bond acceptors (Lipinski definition) is 3. The quantitative estimate of drug-likeness (QED) is 0.490. The van der Waals surface area contributed by atoms with E-state index in [1.54, 1.807) is 0 Å². The maximum Gasteiger partial charge on any atom is 0.0830 e. The van der Waals surface area contributed by atoms with E-state index in [0.29, 0.717) is 6.61 Å². The Hall–Kier alpha value is -2.07. The monoisotopic (exact) mass is 257 g/mol. The summed E-state index contributed by atoms with van der Waals surface area (Å²) in [6.07, 6.45) is -0.758. The number of benzene rings is 2. The van der Waals surface area contributed by atoms with Crippen molar-refractivity contribution >= 4 is 10.8 Å². The van der Waals surface area contributed by atoms with Crippen LogP contribution in [0.2, 0.25) is 0 Å². The summed E-state index contributed by atoms with van der Waals surface area (Å²) in [5, 5.41) is 15.1. The molecule has 2 aromatic rings. The van der Waals surface area contributed by atoms with E-state index in [4.69, 9.17) is 10.3 Å². The second-order valence-electron chi connectivity index (χ2n) is 4.22. The van der Waals surface area contributed by atoms with Gasteiger partial charge in [-0.05, 0) is 21.9 Å². The van der Waals surface area contributed by atoms with Crippen LogP contribution in [0.1, 0.15) is 5.56 Å². The maximum atomic E-state index is 9.48. The van der Waals surface area contributed by atoms with Gasteiger partial charge in [-0.3, -0.25) is 0 Å². The Kier molecular flexibility index (Phi) is 4.75. The molecule has 19 heavy (non-hydrogen) atoms. The van der Waals surface area contributed by atoms with Crippen molar-refractivity contribution in [2.24, 2.45) is 5.11 Å². The zero-order valence-electron chi connectivity index (χ0n) is 10.4. The van der Waals surface area contributed by atoms with E-state index >= 15 is 0 Å². The van der Waals surface area contributed by atoms with E-state index in [1.165, 1.54) is 5.39 Å². The first kappa shape index (κ1) is 13.4. The topological polar surface area (TPSA) is 78.2 Å². The lowest BCUT2D eigenvalue weighted by molar-refractivity contribution is 0.0334. The van der Waals surface area contributed by atoms with Gasteiger partial charge in [0, 0.05) is 4.91 Å². The van der Waals surface area contributed by atoms with Gasteiger partial charge in [-0.25, -0.2) is 0 Å². The Morgan fingerprint density at radius 3 is 2.84 bits per heavy atom. The fraction of sp³-hybridized carbons (Fsp3) is 0.286. The lowest BCUT2D eigenvalue weighted by Gasteiger charge is -2.10.